The molecule has 1 aliphatic heterocycles. The van der Waals surface area contributed by atoms with Crippen molar-refractivity contribution in [2.24, 2.45) is 0 Å². The Kier molecular flexibility index (Phi) is 2.47. The van der Waals surface area contributed by atoms with Gasteiger partial charge in [-0.25, -0.2) is 0 Å². The van der Waals surface area contributed by atoms with Crippen molar-refractivity contribution < 1.29 is 4.74 Å². The number of rotatable bonds is 3. The van der Waals surface area contributed by atoms with Gasteiger partial charge in [0.1, 0.15) is 0 Å². The average molecular weight is 203 g/mol. The monoisotopic (exact) mass is 203 g/mol. The van der Waals surface area contributed by atoms with Crippen molar-refractivity contribution in [3.63, 3.8) is 0 Å². The van der Waals surface area contributed by atoms with Crippen LogP contribution in [0, 0.1) is 0 Å². The van der Waals surface area contributed by atoms with Gasteiger partial charge in [0.25, 0.3) is 0 Å². The van der Waals surface area contributed by atoms with Crippen LogP contribution < -0.4 is 5.32 Å². The predicted octanol–water partition coefficient (Wildman–Crippen LogP) is 2.05. The summed E-state index contributed by atoms with van der Waals surface area (Å²) >= 11 is 0. The molecule has 2 heteroatoms. The Labute approximate surface area is 90.6 Å². The van der Waals surface area contributed by atoms with E-state index in [-0.39, 0.29) is 0 Å². The lowest BCUT2D eigenvalue weighted by Crippen LogP contribution is -2.29. The van der Waals surface area contributed by atoms with E-state index in [1.54, 1.807) is 0 Å². The molecule has 0 saturated heterocycles. The SMILES string of the molecule is c1ccc2c(c1)COCC2CNC1CC1. The molecule has 0 radical (unpaired) electrons. The molecule has 80 valence electrons. The molecule has 2 aliphatic rings. The Morgan fingerprint density at radius 2 is 2.13 bits per heavy atom. The number of hydrogen-bond donors (Lipinski definition) is 1. The molecule has 1 aromatic carbocycles. The number of benzene rings is 1. The van der Waals surface area contributed by atoms with Crippen molar-refractivity contribution in [2.45, 2.75) is 31.4 Å². The van der Waals surface area contributed by atoms with Crippen molar-refractivity contribution in [2.75, 3.05) is 13.2 Å². The van der Waals surface area contributed by atoms with E-state index in [1.165, 1.54) is 24.0 Å². The highest BCUT2D eigenvalue weighted by Crippen LogP contribution is 2.27. The summed E-state index contributed by atoms with van der Waals surface area (Å²) in [6.07, 6.45) is 2.71. The fraction of sp³-hybridized carbons (Fsp3) is 0.538. The summed E-state index contributed by atoms with van der Waals surface area (Å²) < 4.78 is 5.62. The summed E-state index contributed by atoms with van der Waals surface area (Å²) in [5.41, 5.74) is 2.85. The number of hydrogen-bond acceptors (Lipinski definition) is 2. The molecule has 1 unspecified atom stereocenters. The molecule has 1 heterocycles. The number of ether oxygens (including phenoxy) is 1. The number of fused-ring (bicyclic) bond motifs is 1. The molecule has 1 atom stereocenters. The second-order valence-corrected chi connectivity index (χ2v) is 4.59. The van der Waals surface area contributed by atoms with Crippen LogP contribution in [0.15, 0.2) is 24.3 Å². The molecule has 1 aliphatic carbocycles. The van der Waals surface area contributed by atoms with Gasteiger partial charge in [0.15, 0.2) is 0 Å². The smallest absolute Gasteiger partial charge is 0.0719 e. The van der Waals surface area contributed by atoms with Crippen LogP contribution in [0.1, 0.15) is 29.9 Å². The zero-order valence-corrected chi connectivity index (χ0v) is 8.91. The lowest BCUT2D eigenvalue weighted by Gasteiger charge is -2.25. The van der Waals surface area contributed by atoms with E-state index in [0.717, 1.165) is 25.8 Å². The van der Waals surface area contributed by atoms with Crippen LogP contribution in [-0.2, 0) is 11.3 Å². The molecule has 2 nitrogen and oxygen atoms in total. The molecule has 0 amide bonds. The third-order valence-corrected chi connectivity index (χ3v) is 3.30. The minimum atomic E-state index is 0.551. The highest BCUT2D eigenvalue weighted by molar-refractivity contribution is 5.31. The van der Waals surface area contributed by atoms with E-state index < -0.39 is 0 Å². The Morgan fingerprint density at radius 3 is 3.00 bits per heavy atom. The second kappa shape index (κ2) is 3.95. The van der Waals surface area contributed by atoms with Gasteiger partial charge in [-0.05, 0) is 24.0 Å². The highest BCUT2D eigenvalue weighted by Gasteiger charge is 2.25. The molecule has 3 rings (SSSR count). The molecule has 0 spiro atoms. The fourth-order valence-corrected chi connectivity index (χ4v) is 2.23. The van der Waals surface area contributed by atoms with Crippen LogP contribution in [0.25, 0.3) is 0 Å². The molecular formula is C13H17NO. The van der Waals surface area contributed by atoms with Crippen molar-refractivity contribution in [3.05, 3.63) is 35.4 Å². The van der Waals surface area contributed by atoms with Gasteiger partial charge in [-0.15, -0.1) is 0 Å². The van der Waals surface area contributed by atoms with Gasteiger partial charge in [0, 0.05) is 18.5 Å². The predicted molar refractivity (Wildman–Crippen MR) is 59.9 cm³/mol. The molecular weight excluding hydrogens is 186 g/mol. The van der Waals surface area contributed by atoms with Gasteiger partial charge in [-0.3, -0.25) is 0 Å². The third-order valence-electron chi connectivity index (χ3n) is 3.30. The fourth-order valence-electron chi connectivity index (χ4n) is 2.23. The molecule has 1 aromatic rings. The number of nitrogens with one attached hydrogen (secondary N) is 1. The summed E-state index contributed by atoms with van der Waals surface area (Å²) in [6, 6.07) is 9.45. The van der Waals surface area contributed by atoms with Gasteiger partial charge in [-0.2, -0.15) is 0 Å². The van der Waals surface area contributed by atoms with Crippen molar-refractivity contribution in [1.29, 1.82) is 0 Å². The van der Waals surface area contributed by atoms with Crippen LogP contribution in [-0.4, -0.2) is 19.2 Å². The van der Waals surface area contributed by atoms with E-state index in [4.69, 9.17) is 4.74 Å². The van der Waals surface area contributed by atoms with Crippen LogP contribution in [0.3, 0.4) is 0 Å². The summed E-state index contributed by atoms with van der Waals surface area (Å²) in [5.74, 6) is 0.551. The van der Waals surface area contributed by atoms with Crippen LogP contribution in [0.2, 0.25) is 0 Å². The minimum absolute atomic E-state index is 0.551. The highest BCUT2D eigenvalue weighted by atomic mass is 16.5. The van der Waals surface area contributed by atoms with Gasteiger partial charge in [0.2, 0.25) is 0 Å². The third kappa shape index (κ3) is 2.06. The minimum Gasteiger partial charge on any atom is -0.376 e. The Hall–Kier alpha value is -0.860. The zero-order chi connectivity index (χ0) is 10.1. The lowest BCUT2D eigenvalue weighted by molar-refractivity contribution is 0.0906. The van der Waals surface area contributed by atoms with Crippen LogP contribution in [0.4, 0.5) is 0 Å². The topological polar surface area (TPSA) is 21.3 Å². The Morgan fingerprint density at radius 1 is 1.27 bits per heavy atom. The maximum atomic E-state index is 5.62. The second-order valence-electron chi connectivity index (χ2n) is 4.59. The molecule has 15 heavy (non-hydrogen) atoms. The summed E-state index contributed by atoms with van der Waals surface area (Å²) in [5, 5.41) is 3.59. The lowest BCUT2D eigenvalue weighted by atomic mass is 9.93. The summed E-state index contributed by atoms with van der Waals surface area (Å²) in [4.78, 5) is 0. The molecule has 1 saturated carbocycles. The molecule has 0 aromatic heterocycles. The summed E-state index contributed by atoms with van der Waals surface area (Å²) in [6.45, 7) is 2.73. The first kappa shape index (κ1) is 9.37. The molecule has 1 fully saturated rings. The van der Waals surface area contributed by atoms with Gasteiger partial charge < -0.3 is 10.1 Å². The van der Waals surface area contributed by atoms with Crippen LogP contribution in [0.5, 0.6) is 0 Å². The van der Waals surface area contributed by atoms with E-state index in [2.05, 4.69) is 29.6 Å². The van der Waals surface area contributed by atoms with E-state index >= 15 is 0 Å². The van der Waals surface area contributed by atoms with Crippen LogP contribution >= 0.6 is 0 Å². The average Bonchev–Trinajstić information content (AvgIpc) is 3.10. The van der Waals surface area contributed by atoms with Gasteiger partial charge in [0.05, 0.1) is 13.2 Å². The van der Waals surface area contributed by atoms with Crippen molar-refractivity contribution >= 4 is 0 Å². The Bertz CT molecular complexity index is 346. The normalized spacial score (nSPS) is 24.9. The maximum absolute atomic E-state index is 5.62. The van der Waals surface area contributed by atoms with Gasteiger partial charge >= 0.3 is 0 Å². The zero-order valence-electron chi connectivity index (χ0n) is 8.91. The molecule has 0 bridgehead atoms. The Balaban J connectivity index is 1.73. The first-order valence-corrected chi connectivity index (χ1v) is 5.82. The maximum Gasteiger partial charge on any atom is 0.0719 e. The van der Waals surface area contributed by atoms with Crippen molar-refractivity contribution in [3.8, 4) is 0 Å². The quantitative estimate of drug-likeness (QED) is 0.812. The van der Waals surface area contributed by atoms with E-state index in [9.17, 15) is 0 Å². The van der Waals surface area contributed by atoms with E-state index in [0.29, 0.717) is 5.92 Å². The van der Waals surface area contributed by atoms with E-state index in [1.807, 2.05) is 0 Å². The van der Waals surface area contributed by atoms with Crippen molar-refractivity contribution in [1.82, 2.24) is 5.32 Å². The largest absolute Gasteiger partial charge is 0.376 e. The molecule has 1 N–H and O–H groups in total. The standard InChI is InChI=1S/C13H17NO/c1-2-4-13-10(3-1)8-15-9-11(13)7-14-12-5-6-12/h1-4,11-12,14H,5-9H2. The summed E-state index contributed by atoms with van der Waals surface area (Å²) in [7, 11) is 0. The first-order chi connectivity index (χ1) is 7.43. The van der Waals surface area contributed by atoms with Gasteiger partial charge in [-0.1, -0.05) is 24.3 Å². The first-order valence-electron chi connectivity index (χ1n) is 5.82.